The number of hydrogen-bond donors (Lipinski definition) is 1. The molecule has 0 aliphatic carbocycles. The van der Waals surface area contributed by atoms with Gasteiger partial charge in [0.05, 0.1) is 5.69 Å². The third-order valence-electron chi connectivity index (χ3n) is 3.04. The Balaban J connectivity index is 2.69. The summed E-state index contributed by atoms with van der Waals surface area (Å²) in [5.74, 6) is 0. The first-order valence-electron chi connectivity index (χ1n) is 6.91. The molecule has 18 heavy (non-hydrogen) atoms. The Morgan fingerprint density at radius 2 is 1.83 bits per heavy atom. The van der Waals surface area contributed by atoms with Gasteiger partial charge in [-0.1, -0.05) is 13.8 Å². The highest BCUT2D eigenvalue weighted by Gasteiger charge is 2.23. The molecule has 1 N–H and O–H groups in total. The minimum absolute atomic E-state index is 0.179. The highest BCUT2D eigenvalue weighted by atomic mass is 15.3. The van der Waals surface area contributed by atoms with Crippen LogP contribution in [0.3, 0.4) is 0 Å². The molecule has 0 amide bonds. The summed E-state index contributed by atoms with van der Waals surface area (Å²) in [7, 11) is 0. The molecule has 0 aromatic carbocycles. The van der Waals surface area contributed by atoms with E-state index < -0.39 is 0 Å². The lowest BCUT2D eigenvalue weighted by molar-refractivity contribution is 0.283. The van der Waals surface area contributed by atoms with Crippen LogP contribution in [0.5, 0.6) is 0 Å². The molecule has 0 radical (unpaired) electrons. The fourth-order valence-corrected chi connectivity index (χ4v) is 2.07. The van der Waals surface area contributed by atoms with Gasteiger partial charge in [-0.3, -0.25) is 4.68 Å². The Morgan fingerprint density at radius 3 is 2.33 bits per heavy atom. The zero-order valence-corrected chi connectivity index (χ0v) is 13.1. The van der Waals surface area contributed by atoms with Crippen LogP contribution in [0, 0.1) is 12.3 Å². The lowest BCUT2D eigenvalue weighted by Crippen LogP contribution is -2.42. The molecule has 0 aliphatic rings. The van der Waals surface area contributed by atoms with Crippen molar-refractivity contribution in [3.05, 3.63) is 17.5 Å². The van der Waals surface area contributed by atoms with Crippen LogP contribution in [0.4, 0.5) is 0 Å². The zero-order valence-electron chi connectivity index (χ0n) is 13.1. The molecule has 3 heteroatoms. The van der Waals surface area contributed by atoms with Crippen LogP contribution in [0.2, 0.25) is 0 Å². The largest absolute Gasteiger partial charge is 0.312 e. The Morgan fingerprint density at radius 1 is 1.22 bits per heavy atom. The van der Waals surface area contributed by atoms with E-state index >= 15 is 0 Å². The summed E-state index contributed by atoms with van der Waals surface area (Å²) in [5.41, 5.74) is 2.88. The molecule has 0 unspecified atom stereocenters. The maximum atomic E-state index is 4.52. The number of nitrogens with one attached hydrogen (secondary N) is 1. The molecule has 0 atom stereocenters. The minimum atomic E-state index is 0.179. The third kappa shape index (κ3) is 4.81. The van der Waals surface area contributed by atoms with E-state index in [9.17, 15) is 0 Å². The molecule has 1 rings (SSSR count). The van der Waals surface area contributed by atoms with Crippen LogP contribution in [0.25, 0.3) is 0 Å². The third-order valence-corrected chi connectivity index (χ3v) is 3.04. The van der Waals surface area contributed by atoms with Gasteiger partial charge in [0.15, 0.2) is 0 Å². The molecule has 0 bridgehead atoms. The monoisotopic (exact) mass is 251 g/mol. The second kappa shape index (κ2) is 5.43. The van der Waals surface area contributed by atoms with E-state index in [0.29, 0.717) is 0 Å². The molecule has 1 aromatic heterocycles. The molecule has 104 valence electrons. The van der Waals surface area contributed by atoms with Gasteiger partial charge in [0, 0.05) is 24.3 Å². The van der Waals surface area contributed by atoms with Crippen LogP contribution in [-0.4, -0.2) is 21.9 Å². The predicted octanol–water partition coefficient (Wildman–Crippen LogP) is 3.17. The molecule has 1 heterocycles. The molecule has 0 saturated carbocycles. The van der Waals surface area contributed by atoms with Crippen LogP contribution in [0.1, 0.15) is 52.9 Å². The van der Waals surface area contributed by atoms with E-state index in [4.69, 9.17) is 0 Å². The summed E-state index contributed by atoms with van der Waals surface area (Å²) in [6.45, 7) is 17.4. The predicted molar refractivity (Wildman–Crippen MR) is 77.9 cm³/mol. The number of rotatable bonds is 5. The summed E-state index contributed by atoms with van der Waals surface area (Å²) in [6.07, 6.45) is 1.06. The van der Waals surface area contributed by atoms with Gasteiger partial charge >= 0.3 is 0 Å². The first kappa shape index (κ1) is 15.2. The Bertz CT molecular complexity index is 383. The standard InChI is InChI=1S/C15H29N3/c1-8-18-13(9-12(2)17-18)10-15(6,7)11-16-14(3,4)5/h9,16H,8,10-11H2,1-7H3. The summed E-state index contributed by atoms with van der Waals surface area (Å²) < 4.78 is 2.12. The first-order chi connectivity index (χ1) is 8.13. The molecule has 0 saturated heterocycles. The van der Waals surface area contributed by atoms with Gasteiger partial charge in [0.2, 0.25) is 0 Å². The van der Waals surface area contributed by atoms with Crippen LogP contribution in [-0.2, 0) is 13.0 Å². The number of nitrogens with zero attached hydrogens (tertiary/aromatic N) is 2. The van der Waals surface area contributed by atoms with E-state index in [1.807, 2.05) is 0 Å². The van der Waals surface area contributed by atoms with Gasteiger partial charge in [-0.25, -0.2) is 0 Å². The second-order valence-corrected chi connectivity index (χ2v) is 7.04. The van der Waals surface area contributed by atoms with Crippen molar-refractivity contribution in [1.82, 2.24) is 15.1 Å². The van der Waals surface area contributed by atoms with E-state index in [1.165, 1.54) is 5.69 Å². The van der Waals surface area contributed by atoms with Gasteiger partial charge < -0.3 is 5.32 Å². The summed E-state index contributed by atoms with van der Waals surface area (Å²) in [5, 5.41) is 8.12. The van der Waals surface area contributed by atoms with E-state index in [1.54, 1.807) is 0 Å². The lowest BCUT2D eigenvalue weighted by Gasteiger charge is -2.30. The van der Waals surface area contributed by atoms with Crippen molar-refractivity contribution < 1.29 is 0 Å². The van der Waals surface area contributed by atoms with Crippen molar-refractivity contribution in [3.63, 3.8) is 0 Å². The average Bonchev–Trinajstić information content (AvgIpc) is 2.54. The maximum Gasteiger partial charge on any atom is 0.0596 e. The van der Waals surface area contributed by atoms with Crippen molar-refractivity contribution in [2.75, 3.05) is 6.54 Å². The Labute approximate surface area is 112 Å². The summed E-state index contributed by atoms with van der Waals surface area (Å²) in [4.78, 5) is 0. The Kier molecular flexibility index (Phi) is 4.60. The van der Waals surface area contributed by atoms with E-state index in [2.05, 4.69) is 69.6 Å². The van der Waals surface area contributed by atoms with Crippen molar-refractivity contribution in [2.24, 2.45) is 5.41 Å². The smallest absolute Gasteiger partial charge is 0.0596 e. The van der Waals surface area contributed by atoms with Crippen molar-refractivity contribution in [1.29, 1.82) is 0 Å². The lowest BCUT2D eigenvalue weighted by atomic mass is 9.86. The SMILES string of the molecule is CCn1nc(C)cc1CC(C)(C)CNC(C)(C)C. The van der Waals surface area contributed by atoms with Gasteiger partial charge in [0.25, 0.3) is 0 Å². The number of hydrogen-bond acceptors (Lipinski definition) is 2. The van der Waals surface area contributed by atoms with Gasteiger partial charge in [0.1, 0.15) is 0 Å². The fourth-order valence-electron chi connectivity index (χ4n) is 2.07. The van der Waals surface area contributed by atoms with E-state index in [-0.39, 0.29) is 11.0 Å². The molecule has 0 aliphatic heterocycles. The fraction of sp³-hybridized carbons (Fsp3) is 0.800. The summed E-state index contributed by atoms with van der Waals surface area (Å²) >= 11 is 0. The van der Waals surface area contributed by atoms with E-state index in [0.717, 1.165) is 25.2 Å². The minimum Gasteiger partial charge on any atom is -0.312 e. The van der Waals surface area contributed by atoms with Gasteiger partial charge in [-0.15, -0.1) is 0 Å². The summed E-state index contributed by atoms with van der Waals surface area (Å²) in [6, 6.07) is 2.21. The highest BCUT2D eigenvalue weighted by molar-refractivity contribution is 5.11. The van der Waals surface area contributed by atoms with Crippen LogP contribution < -0.4 is 5.32 Å². The molecular weight excluding hydrogens is 222 g/mol. The quantitative estimate of drug-likeness (QED) is 0.871. The highest BCUT2D eigenvalue weighted by Crippen LogP contribution is 2.22. The zero-order chi connectivity index (χ0) is 14.0. The molecule has 3 nitrogen and oxygen atoms in total. The molecular formula is C15H29N3. The maximum absolute atomic E-state index is 4.52. The van der Waals surface area contributed by atoms with Crippen molar-refractivity contribution in [2.45, 2.75) is 67.0 Å². The second-order valence-electron chi connectivity index (χ2n) is 7.04. The molecule has 0 spiro atoms. The molecule has 0 fully saturated rings. The van der Waals surface area contributed by atoms with Crippen molar-refractivity contribution >= 4 is 0 Å². The normalized spacial score (nSPS) is 13.1. The molecule has 1 aromatic rings. The number of aryl methyl sites for hydroxylation is 2. The van der Waals surface area contributed by atoms with Crippen LogP contribution >= 0.6 is 0 Å². The first-order valence-corrected chi connectivity index (χ1v) is 6.91. The topological polar surface area (TPSA) is 29.9 Å². The van der Waals surface area contributed by atoms with Crippen molar-refractivity contribution in [3.8, 4) is 0 Å². The average molecular weight is 251 g/mol. The van der Waals surface area contributed by atoms with Gasteiger partial charge in [-0.05, 0) is 52.5 Å². The van der Waals surface area contributed by atoms with Gasteiger partial charge in [-0.2, -0.15) is 5.10 Å². The number of aromatic nitrogens is 2. The Hall–Kier alpha value is -0.830. The van der Waals surface area contributed by atoms with Crippen LogP contribution in [0.15, 0.2) is 6.07 Å².